The van der Waals surface area contributed by atoms with Crippen LogP contribution in [-0.4, -0.2) is 38.1 Å². The van der Waals surface area contributed by atoms with Crippen molar-refractivity contribution in [1.82, 2.24) is 0 Å². The fourth-order valence-electron chi connectivity index (χ4n) is 1.23. The lowest BCUT2D eigenvalue weighted by molar-refractivity contribution is 0.102. The Balaban J connectivity index is 2.54. The number of ether oxygens (including phenoxy) is 2. The molecule has 0 aromatic heterocycles. The van der Waals surface area contributed by atoms with E-state index < -0.39 is 0 Å². The van der Waals surface area contributed by atoms with Crippen LogP contribution in [0, 0.1) is 0 Å². The minimum absolute atomic E-state index is 0.0654. The highest BCUT2D eigenvalue weighted by atomic mass is 35.5. The normalized spacial score (nSPS) is 10.3. The van der Waals surface area contributed by atoms with Crippen LogP contribution in [0.3, 0.4) is 0 Å². The summed E-state index contributed by atoms with van der Waals surface area (Å²) in [4.78, 5) is 11.8. The third-order valence-electron chi connectivity index (χ3n) is 2.14. The number of carbonyl (C=O) groups is 1. The number of carbonyl (C=O) groups excluding carboxylic acids is 1. The molecule has 1 rings (SSSR count). The molecule has 1 aromatic rings. The summed E-state index contributed by atoms with van der Waals surface area (Å²) in [5.74, 6) is 1.89. The van der Waals surface area contributed by atoms with Crippen molar-refractivity contribution in [2.75, 3.05) is 32.3 Å². The summed E-state index contributed by atoms with van der Waals surface area (Å²) in [5.41, 5.74) is 0.612. The highest BCUT2D eigenvalue weighted by Gasteiger charge is 2.09. The predicted octanol–water partition coefficient (Wildman–Crippen LogP) is 2.91. The monoisotopic (exact) mass is 274 g/mol. The Morgan fingerprint density at radius 1 is 1.41 bits per heavy atom. The number of benzene rings is 1. The van der Waals surface area contributed by atoms with E-state index in [1.165, 1.54) is 0 Å². The van der Waals surface area contributed by atoms with E-state index in [4.69, 9.17) is 21.1 Å². The molecule has 3 nitrogen and oxygen atoms in total. The second-order valence-electron chi connectivity index (χ2n) is 3.32. The van der Waals surface area contributed by atoms with Crippen molar-refractivity contribution in [1.29, 1.82) is 0 Å². The van der Waals surface area contributed by atoms with E-state index >= 15 is 0 Å². The van der Waals surface area contributed by atoms with Crippen molar-refractivity contribution in [3.8, 4) is 5.75 Å². The molecule has 1 aromatic carbocycles. The summed E-state index contributed by atoms with van der Waals surface area (Å²) in [6.07, 6.45) is 0. The smallest absolute Gasteiger partial charge is 0.172 e. The van der Waals surface area contributed by atoms with Gasteiger partial charge in [0.25, 0.3) is 0 Å². The number of hydrogen-bond acceptors (Lipinski definition) is 4. The van der Waals surface area contributed by atoms with Gasteiger partial charge in [-0.1, -0.05) is 11.6 Å². The molecule has 94 valence electrons. The summed E-state index contributed by atoms with van der Waals surface area (Å²) in [5, 5.41) is 0.459. The SMILES string of the molecule is COCCSCC(=O)c1ccc(OC)c(Cl)c1. The molecule has 0 amide bonds. The first kappa shape index (κ1) is 14.4. The molecule has 0 saturated heterocycles. The van der Waals surface area contributed by atoms with E-state index in [0.717, 1.165) is 5.75 Å². The molecule has 0 aliphatic carbocycles. The van der Waals surface area contributed by atoms with Gasteiger partial charge >= 0.3 is 0 Å². The Morgan fingerprint density at radius 3 is 2.76 bits per heavy atom. The molecule has 0 atom stereocenters. The molecule has 0 spiro atoms. The van der Waals surface area contributed by atoms with Gasteiger partial charge in [-0.3, -0.25) is 4.79 Å². The lowest BCUT2D eigenvalue weighted by atomic mass is 10.1. The topological polar surface area (TPSA) is 35.5 Å². The average Bonchev–Trinajstić information content (AvgIpc) is 2.34. The van der Waals surface area contributed by atoms with Crippen molar-refractivity contribution in [2.45, 2.75) is 0 Å². The van der Waals surface area contributed by atoms with Crippen LogP contribution in [0.1, 0.15) is 10.4 Å². The average molecular weight is 275 g/mol. The number of thioether (sulfide) groups is 1. The number of methoxy groups -OCH3 is 2. The maximum Gasteiger partial charge on any atom is 0.172 e. The third-order valence-corrected chi connectivity index (χ3v) is 3.36. The van der Waals surface area contributed by atoms with E-state index in [1.807, 2.05) is 0 Å². The second-order valence-corrected chi connectivity index (χ2v) is 4.83. The Bertz CT molecular complexity index is 382. The van der Waals surface area contributed by atoms with Gasteiger partial charge < -0.3 is 9.47 Å². The Labute approximate surface area is 110 Å². The van der Waals surface area contributed by atoms with Gasteiger partial charge in [0.05, 0.1) is 24.5 Å². The van der Waals surface area contributed by atoms with E-state index in [-0.39, 0.29) is 5.78 Å². The maximum absolute atomic E-state index is 11.8. The fourth-order valence-corrected chi connectivity index (χ4v) is 2.27. The predicted molar refractivity (Wildman–Crippen MR) is 71.5 cm³/mol. The van der Waals surface area contributed by atoms with E-state index in [0.29, 0.717) is 28.7 Å². The first-order valence-electron chi connectivity index (χ1n) is 5.12. The Morgan fingerprint density at radius 2 is 2.18 bits per heavy atom. The van der Waals surface area contributed by atoms with Gasteiger partial charge in [-0.2, -0.15) is 11.8 Å². The molecule has 0 heterocycles. The molecule has 0 saturated carbocycles. The van der Waals surface area contributed by atoms with Crippen LogP contribution in [0.4, 0.5) is 0 Å². The largest absolute Gasteiger partial charge is 0.495 e. The minimum atomic E-state index is 0.0654. The van der Waals surface area contributed by atoms with Crippen molar-refractivity contribution in [2.24, 2.45) is 0 Å². The molecular weight excluding hydrogens is 260 g/mol. The number of halogens is 1. The Kier molecular flexibility index (Phi) is 6.40. The molecule has 0 unspecified atom stereocenters. The summed E-state index contributed by atoms with van der Waals surface area (Å²) in [6.45, 7) is 0.654. The first-order chi connectivity index (χ1) is 8.19. The number of rotatable bonds is 7. The van der Waals surface area contributed by atoms with E-state index in [1.54, 1.807) is 44.2 Å². The van der Waals surface area contributed by atoms with Gasteiger partial charge in [-0.25, -0.2) is 0 Å². The molecule has 0 fully saturated rings. The summed E-state index contributed by atoms with van der Waals surface area (Å²) in [7, 11) is 3.19. The summed E-state index contributed by atoms with van der Waals surface area (Å²) >= 11 is 7.50. The zero-order chi connectivity index (χ0) is 12.7. The molecule has 17 heavy (non-hydrogen) atoms. The van der Waals surface area contributed by atoms with Gasteiger partial charge in [-0.15, -0.1) is 0 Å². The van der Waals surface area contributed by atoms with Crippen LogP contribution in [0.25, 0.3) is 0 Å². The first-order valence-corrected chi connectivity index (χ1v) is 6.65. The van der Waals surface area contributed by atoms with Crippen molar-refractivity contribution >= 4 is 29.1 Å². The number of Topliss-reactive ketones (excluding diaryl/α,β-unsaturated/α-hetero) is 1. The van der Waals surface area contributed by atoms with Crippen LogP contribution in [0.2, 0.25) is 5.02 Å². The maximum atomic E-state index is 11.8. The molecule has 0 N–H and O–H groups in total. The van der Waals surface area contributed by atoms with Crippen molar-refractivity contribution < 1.29 is 14.3 Å². The number of ketones is 1. The minimum Gasteiger partial charge on any atom is -0.495 e. The second kappa shape index (κ2) is 7.58. The van der Waals surface area contributed by atoms with E-state index in [9.17, 15) is 4.79 Å². The van der Waals surface area contributed by atoms with Gasteiger partial charge in [0, 0.05) is 18.4 Å². The van der Waals surface area contributed by atoms with Crippen LogP contribution >= 0.6 is 23.4 Å². The zero-order valence-electron chi connectivity index (χ0n) is 9.86. The fraction of sp³-hybridized carbons (Fsp3) is 0.417. The highest BCUT2D eigenvalue weighted by Crippen LogP contribution is 2.25. The van der Waals surface area contributed by atoms with Crippen LogP contribution in [0.15, 0.2) is 18.2 Å². The van der Waals surface area contributed by atoms with Crippen LogP contribution in [-0.2, 0) is 4.74 Å². The van der Waals surface area contributed by atoms with Crippen LogP contribution in [0.5, 0.6) is 5.75 Å². The van der Waals surface area contributed by atoms with Gasteiger partial charge in [0.1, 0.15) is 5.75 Å². The lowest BCUT2D eigenvalue weighted by Gasteiger charge is -2.05. The summed E-state index contributed by atoms with van der Waals surface area (Å²) < 4.78 is 9.94. The molecular formula is C12H15ClO3S. The standard InChI is InChI=1S/C12H15ClO3S/c1-15-5-6-17-8-11(14)9-3-4-12(16-2)10(13)7-9/h3-4,7H,5-6,8H2,1-2H3. The molecule has 0 aliphatic heterocycles. The molecule has 0 bridgehead atoms. The molecule has 0 radical (unpaired) electrons. The van der Waals surface area contributed by atoms with Gasteiger partial charge in [0.2, 0.25) is 0 Å². The van der Waals surface area contributed by atoms with Gasteiger partial charge in [-0.05, 0) is 18.2 Å². The van der Waals surface area contributed by atoms with Crippen molar-refractivity contribution in [3.05, 3.63) is 28.8 Å². The van der Waals surface area contributed by atoms with Crippen molar-refractivity contribution in [3.63, 3.8) is 0 Å². The van der Waals surface area contributed by atoms with Crippen LogP contribution < -0.4 is 4.74 Å². The highest BCUT2D eigenvalue weighted by molar-refractivity contribution is 8.00. The molecule has 0 aliphatic rings. The quantitative estimate of drug-likeness (QED) is 0.566. The van der Waals surface area contributed by atoms with Gasteiger partial charge in [0.15, 0.2) is 5.78 Å². The zero-order valence-corrected chi connectivity index (χ0v) is 11.4. The number of hydrogen-bond donors (Lipinski definition) is 0. The lowest BCUT2D eigenvalue weighted by Crippen LogP contribution is -2.04. The Hall–Kier alpha value is -0.710. The van der Waals surface area contributed by atoms with E-state index in [2.05, 4.69) is 0 Å². The summed E-state index contributed by atoms with van der Waals surface area (Å²) in [6, 6.07) is 5.07. The molecule has 5 heteroatoms. The third kappa shape index (κ3) is 4.58.